The van der Waals surface area contributed by atoms with Crippen LogP contribution in [-0.2, 0) is 0 Å². The Hall–Kier alpha value is -1.63. The first-order valence-electron chi connectivity index (χ1n) is 6.94. The molecule has 0 spiro atoms. The van der Waals surface area contributed by atoms with Crippen molar-refractivity contribution < 1.29 is 22.6 Å². The molecule has 1 heterocycles. The molecule has 1 saturated heterocycles. The smallest absolute Gasteiger partial charge is 0.484 e. The van der Waals surface area contributed by atoms with Crippen LogP contribution in [0.4, 0.5) is 13.2 Å². The second-order valence-electron chi connectivity index (χ2n) is 5.09. The van der Waals surface area contributed by atoms with Gasteiger partial charge >= 0.3 is 6.36 Å². The van der Waals surface area contributed by atoms with E-state index in [0.29, 0.717) is 29.2 Å². The Labute approximate surface area is 148 Å². The molecule has 8 heteroatoms. The minimum absolute atomic E-state index is 0. The average molecular weight is 380 g/mol. The summed E-state index contributed by atoms with van der Waals surface area (Å²) in [7, 11) is 0. The fraction of sp³-hybridized carbons (Fsp3) is 0.250. The summed E-state index contributed by atoms with van der Waals surface area (Å²) < 4.78 is 47.6. The molecule has 0 amide bonds. The van der Waals surface area contributed by atoms with Gasteiger partial charge in [-0.25, -0.2) is 0 Å². The van der Waals surface area contributed by atoms with Crippen LogP contribution >= 0.6 is 24.0 Å². The van der Waals surface area contributed by atoms with Crippen molar-refractivity contribution in [1.29, 1.82) is 0 Å². The summed E-state index contributed by atoms with van der Waals surface area (Å²) in [6.07, 6.45) is -4.95. The Morgan fingerprint density at radius 2 is 1.75 bits per heavy atom. The predicted octanol–water partition coefficient (Wildman–Crippen LogP) is 4.68. The Balaban J connectivity index is 0.00000208. The lowest BCUT2D eigenvalue weighted by Crippen LogP contribution is -2.50. The van der Waals surface area contributed by atoms with E-state index in [4.69, 9.17) is 16.3 Å². The first-order chi connectivity index (χ1) is 10.9. The summed E-state index contributed by atoms with van der Waals surface area (Å²) in [5.74, 6) is -0.313. The van der Waals surface area contributed by atoms with Crippen molar-refractivity contribution in [3.05, 3.63) is 47.5 Å². The fourth-order valence-corrected chi connectivity index (χ4v) is 2.44. The maximum absolute atomic E-state index is 12.7. The van der Waals surface area contributed by atoms with Crippen LogP contribution < -0.4 is 14.8 Å². The van der Waals surface area contributed by atoms with Crippen LogP contribution in [0.5, 0.6) is 11.5 Å². The maximum Gasteiger partial charge on any atom is 0.573 e. The highest BCUT2D eigenvalue weighted by molar-refractivity contribution is 6.33. The van der Waals surface area contributed by atoms with Gasteiger partial charge in [-0.15, -0.1) is 25.6 Å². The molecule has 3 nitrogen and oxygen atoms in total. The summed E-state index contributed by atoms with van der Waals surface area (Å²) in [5, 5.41) is 3.43. The molecule has 0 unspecified atom stereocenters. The van der Waals surface area contributed by atoms with E-state index in [1.165, 1.54) is 12.1 Å². The third-order valence-electron chi connectivity index (χ3n) is 3.39. The van der Waals surface area contributed by atoms with Crippen LogP contribution in [0.2, 0.25) is 5.02 Å². The van der Waals surface area contributed by atoms with Crippen molar-refractivity contribution in [2.75, 3.05) is 13.1 Å². The van der Waals surface area contributed by atoms with Gasteiger partial charge in [0.1, 0.15) is 6.10 Å². The van der Waals surface area contributed by atoms with Crippen LogP contribution in [0.3, 0.4) is 0 Å². The van der Waals surface area contributed by atoms with Gasteiger partial charge in [0, 0.05) is 23.7 Å². The molecular formula is C16H14Cl2F3NO2. The summed E-state index contributed by atoms with van der Waals surface area (Å²) >= 11 is 6.10. The molecule has 0 aromatic heterocycles. The van der Waals surface area contributed by atoms with Crippen LogP contribution in [0.1, 0.15) is 0 Å². The summed E-state index contributed by atoms with van der Waals surface area (Å²) in [6, 6.07) is 11.3. The first kappa shape index (κ1) is 18.7. The zero-order valence-electron chi connectivity index (χ0n) is 12.3. The molecule has 1 N–H and O–H groups in total. The van der Waals surface area contributed by atoms with E-state index >= 15 is 0 Å². The third-order valence-corrected chi connectivity index (χ3v) is 3.72. The van der Waals surface area contributed by atoms with Gasteiger partial charge in [0.25, 0.3) is 0 Å². The Morgan fingerprint density at radius 3 is 2.33 bits per heavy atom. The molecule has 3 rings (SSSR count). The van der Waals surface area contributed by atoms with E-state index in [1.54, 1.807) is 30.3 Å². The van der Waals surface area contributed by atoms with E-state index < -0.39 is 6.36 Å². The van der Waals surface area contributed by atoms with Crippen molar-refractivity contribution in [2.24, 2.45) is 0 Å². The van der Waals surface area contributed by atoms with E-state index in [2.05, 4.69) is 10.1 Å². The zero-order valence-corrected chi connectivity index (χ0v) is 13.8. The topological polar surface area (TPSA) is 30.5 Å². The molecule has 130 valence electrons. The second-order valence-corrected chi connectivity index (χ2v) is 5.49. The summed E-state index contributed by atoms with van der Waals surface area (Å²) in [4.78, 5) is 0. The Kier molecular flexibility index (Phi) is 5.85. The number of ether oxygens (including phenoxy) is 2. The van der Waals surface area contributed by atoms with Crippen LogP contribution in [0.25, 0.3) is 11.1 Å². The van der Waals surface area contributed by atoms with Crippen molar-refractivity contribution in [3.63, 3.8) is 0 Å². The van der Waals surface area contributed by atoms with Crippen LogP contribution in [0.15, 0.2) is 42.5 Å². The predicted molar refractivity (Wildman–Crippen MR) is 88.1 cm³/mol. The molecule has 0 radical (unpaired) electrons. The van der Waals surface area contributed by atoms with Gasteiger partial charge in [0.2, 0.25) is 0 Å². The minimum atomic E-state index is -4.80. The molecule has 1 fully saturated rings. The summed E-state index contributed by atoms with van der Waals surface area (Å²) in [6.45, 7) is 1.19. The van der Waals surface area contributed by atoms with E-state index in [-0.39, 0.29) is 30.0 Å². The second kappa shape index (κ2) is 7.51. The normalized spacial score (nSPS) is 14.5. The molecule has 1 aliphatic rings. The molecular weight excluding hydrogens is 366 g/mol. The first-order valence-corrected chi connectivity index (χ1v) is 7.32. The number of hydrogen-bond donors (Lipinski definition) is 1. The average Bonchev–Trinajstić information content (AvgIpc) is 2.43. The molecule has 0 aliphatic carbocycles. The van der Waals surface area contributed by atoms with Crippen molar-refractivity contribution in [2.45, 2.75) is 12.5 Å². The molecule has 0 bridgehead atoms. The molecule has 2 aromatic rings. The number of benzene rings is 2. The highest BCUT2D eigenvalue weighted by atomic mass is 35.5. The van der Waals surface area contributed by atoms with Gasteiger partial charge in [0.15, 0.2) is 11.5 Å². The molecule has 2 aromatic carbocycles. The van der Waals surface area contributed by atoms with Crippen LogP contribution in [-0.4, -0.2) is 25.6 Å². The van der Waals surface area contributed by atoms with Crippen LogP contribution in [0, 0.1) is 0 Å². The van der Waals surface area contributed by atoms with Gasteiger partial charge in [-0.05, 0) is 23.8 Å². The van der Waals surface area contributed by atoms with Gasteiger partial charge in [-0.2, -0.15) is 0 Å². The number of alkyl halides is 3. The highest BCUT2D eigenvalue weighted by Gasteiger charge is 2.33. The standard InChI is InChI=1S/C16H13ClF3NO2.ClH/c17-13-4-2-1-3-12(13)10-5-6-14(22-11-8-21-9-11)15(7-10)23-16(18,19)20;/h1-7,11,21H,8-9H2;1H. The molecule has 0 atom stereocenters. The maximum atomic E-state index is 12.7. The third kappa shape index (κ3) is 4.47. The highest BCUT2D eigenvalue weighted by Crippen LogP contribution is 2.38. The molecule has 0 saturated carbocycles. The number of hydrogen-bond acceptors (Lipinski definition) is 3. The van der Waals surface area contributed by atoms with Crippen molar-refractivity contribution in [1.82, 2.24) is 5.32 Å². The number of nitrogens with one attached hydrogen (secondary N) is 1. The van der Waals surface area contributed by atoms with Crippen molar-refractivity contribution >= 4 is 24.0 Å². The van der Waals surface area contributed by atoms with E-state index in [0.717, 1.165) is 0 Å². The Bertz CT molecular complexity index is 706. The van der Waals surface area contributed by atoms with Gasteiger partial charge < -0.3 is 14.8 Å². The quantitative estimate of drug-likeness (QED) is 0.836. The largest absolute Gasteiger partial charge is 0.573 e. The molecule has 1 aliphatic heterocycles. The number of rotatable bonds is 4. The van der Waals surface area contributed by atoms with Gasteiger partial charge in [0.05, 0.1) is 0 Å². The van der Waals surface area contributed by atoms with E-state index in [9.17, 15) is 13.2 Å². The van der Waals surface area contributed by atoms with Gasteiger partial charge in [-0.1, -0.05) is 35.9 Å². The lowest BCUT2D eigenvalue weighted by atomic mass is 10.1. The lowest BCUT2D eigenvalue weighted by molar-refractivity contribution is -0.275. The lowest BCUT2D eigenvalue weighted by Gasteiger charge is -2.28. The van der Waals surface area contributed by atoms with Crippen molar-refractivity contribution in [3.8, 4) is 22.6 Å². The minimum Gasteiger partial charge on any atom is -0.484 e. The fourth-order valence-electron chi connectivity index (χ4n) is 2.20. The molecule has 24 heavy (non-hydrogen) atoms. The SMILES string of the molecule is Cl.FC(F)(F)Oc1cc(-c2ccccc2Cl)ccc1OC1CNC1. The summed E-state index contributed by atoms with van der Waals surface area (Å²) in [5.41, 5.74) is 1.15. The Morgan fingerprint density at radius 1 is 1.04 bits per heavy atom. The van der Waals surface area contributed by atoms with E-state index in [1.807, 2.05) is 0 Å². The number of halogens is 5. The monoisotopic (exact) mass is 379 g/mol. The van der Waals surface area contributed by atoms with Gasteiger partial charge in [-0.3, -0.25) is 0 Å². The zero-order chi connectivity index (χ0) is 16.4.